The van der Waals surface area contributed by atoms with Gasteiger partial charge in [0.1, 0.15) is 18.8 Å². The summed E-state index contributed by atoms with van der Waals surface area (Å²) in [6.07, 6.45) is -3.12. The Labute approximate surface area is 104 Å². The van der Waals surface area contributed by atoms with E-state index in [0.717, 1.165) is 0 Å². The standard InChI is InChI=1S/C13H14O5/c1-8-10(18-13(16)11(8)14)7-17-12(15)9-5-3-2-4-6-9/h2-6,10-11,13-14,16H,1,7H2/t10-,11-,13?/m1/s1. The number of aliphatic hydroxyl groups excluding tert-OH is 2. The van der Waals surface area contributed by atoms with Crippen LogP contribution in [0.3, 0.4) is 0 Å². The van der Waals surface area contributed by atoms with E-state index < -0.39 is 24.5 Å². The maximum Gasteiger partial charge on any atom is 0.338 e. The van der Waals surface area contributed by atoms with E-state index in [2.05, 4.69) is 6.58 Å². The topological polar surface area (TPSA) is 76.0 Å². The number of carbonyl (C=O) groups is 1. The lowest BCUT2D eigenvalue weighted by atomic mass is 10.1. The first-order chi connectivity index (χ1) is 8.59. The lowest BCUT2D eigenvalue weighted by Gasteiger charge is -2.11. The largest absolute Gasteiger partial charge is 0.459 e. The highest BCUT2D eigenvalue weighted by Gasteiger charge is 2.36. The van der Waals surface area contributed by atoms with Gasteiger partial charge in [0.15, 0.2) is 6.29 Å². The molecule has 5 nitrogen and oxygen atoms in total. The molecule has 18 heavy (non-hydrogen) atoms. The van der Waals surface area contributed by atoms with Crippen LogP contribution in [0, 0.1) is 0 Å². The van der Waals surface area contributed by atoms with Crippen molar-refractivity contribution in [3.63, 3.8) is 0 Å². The van der Waals surface area contributed by atoms with Gasteiger partial charge in [-0.15, -0.1) is 0 Å². The summed E-state index contributed by atoms with van der Waals surface area (Å²) < 4.78 is 10.0. The molecule has 1 aromatic rings. The van der Waals surface area contributed by atoms with Gasteiger partial charge < -0.3 is 19.7 Å². The minimum absolute atomic E-state index is 0.0827. The van der Waals surface area contributed by atoms with Gasteiger partial charge >= 0.3 is 5.97 Å². The average Bonchev–Trinajstić information content (AvgIpc) is 2.64. The van der Waals surface area contributed by atoms with E-state index in [-0.39, 0.29) is 6.61 Å². The van der Waals surface area contributed by atoms with Crippen LogP contribution in [0.1, 0.15) is 10.4 Å². The lowest BCUT2D eigenvalue weighted by molar-refractivity contribution is -0.133. The molecule has 1 unspecified atom stereocenters. The maximum atomic E-state index is 11.6. The van der Waals surface area contributed by atoms with E-state index in [4.69, 9.17) is 9.47 Å². The molecule has 96 valence electrons. The van der Waals surface area contributed by atoms with Crippen molar-refractivity contribution in [2.24, 2.45) is 0 Å². The second-order valence-electron chi connectivity index (χ2n) is 4.00. The van der Waals surface area contributed by atoms with Crippen LogP contribution in [0.15, 0.2) is 42.5 Å². The van der Waals surface area contributed by atoms with Gasteiger partial charge in [0.2, 0.25) is 0 Å². The fourth-order valence-corrected chi connectivity index (χ4v) is 1.66. The molecular formula is C13H14O5. The van der Waals surface area contributed by atoms with Crippen molar-refractivity contribution in [3.8, 4) is 0 Å². The molecule has 0 amide bonds. The number of hydrogen-bond donors (Lipinski definition) is 2. The van der Waals surface area contributed by atoms with Gasteiger partial charge in [-0.2, -0.15) is 0 Å². The molecule has 1 aliphatic rings. The Kier molecular flexibility index (Phi) is 3.76. The quantitative estimate of drug-likeness (QED) is 0.602. The zero-order valence-electron chi connectivity index (χ0n) is 9.65. The minimum Gasteiger partial charge on any atom is -0.459 e. The molecule has 0 aliphatic carbocycles. The van der Waals surface area contributed by atoms with Crippen molar-refractivity contribution in [1.29, 1.82) is 0 Å². The fraction of sp³-hybridized carbons (Fsp3) is 0.308. The average molecular weight is 250 g/mol. The molecule has 1 aliphatic heterocycles. The molecule has 2 N–H and O–H groups in total. The highest BCUT2D eigenvalue weighted by molar-refractivity contribution is 5.89. The minimum atomic E-state index is -1.31. The fourth-order valence-electron chi connectivity index (χ4n) is 1.66. The third kappa shape index (κ3) is 2.59. The highest BCUT2D eigenvalue weighted by atomic mass is 16.6. The van der Waals surface area contributed by atoms with Crippen molar-refractivity contribution >= 4 is 5.97 Å². The van der Waals surface area contributed by atoms with Crippen molar-refractivity contribution < 1.29 is 24.5 Å². The van der Waals surface area contributed by atoms with Crippen LogP contribution in [0.5, 0.6) is 0 Å². The molecule has 0 spiro atoms. The van der Waals surface area contributed by atoms with Crippen molar-refractivity contribution in [2.75, 3.05) is 6.61 Å². The van der Waals surface area contributed by atoms with Crippen LogP contribution in [0.4, 0.5) is 0 Å². The smallest absolute Gasteiger partial charge is 0.338 e. The number of rotatable bonds is 3. The summed E-state index contributed by atoms with van der Waals surface area (Å²) in [6.45, 7) is 3.51. The Hall–Kier alpha value is -1.69. The molecule has 5 heteroatoms. The summed E-state index contributed by atoms with van der Waals surface area (Å²) in [5.74, 6) is -0.483. The third-order valence-corrected chi connectivity index (χ3v) is 2.74. The first-order valence-corrected chi connectivity index (χ1v) is 5.52. The number of benzene rings is 1. The van der Waals surface area contributed by atoms with E-state index >= 15 is 0 Å². The van der Waals surface area contributed by atoms with E-state index in [0.29, 0.717) is 11.1 Å². The van der Waals surface area contributed by atoms with Gasteiger partial charge in [0.05, 0.1) is 5.56 Å². The predicted molar refractivity (Wildman–Crippen MR) is 62.8 cm³/mol. The first kappa shape index (κ1) is 12.8. The molecule has 2 rings (SSSR count). The van der Waals surface area contributed by atoms with Crippen LogP contribution < -0.4 is 0 Å². The van der Waals surface area contributed by atoms with Crippen LogP contribution in [-0.2, 0) is 9.47 Å². The van der Waals surface area contributed by atoms with Crippen molar-refractivity contribution in [3.05, 3.63) is 48.0 Å². The SMILES string of the molecule is C=C1[C@@H](O)C(O)O[C@@H]1COC(=O)c1ccccc1. The summed E-state index contributed by atoms with van der Waals surface area (Å²) in [5.41, 5.74) is 0.741. The molecular weight excluding hydrogens is 236 g/mol. The monoisotopic (exact) mass is 250 g/mol. The number of hydrogen-bond acceptors (Lipinski definition) is 5. The Morgan fingerprint density at radius 1 is 1.33 bits per heavy atom. The number of carbonyl (C=O) groups excluding carboxylic acids is 1. The third-order valence-electron chi connectivity index (χ3n) is 2.74. The Balaban J connectivity index is 1.90. The van der Waals surface area contributed by atoms with E-state index in [1.807, 2.05) is 0 Å². The second-order valence-corrected chi connectivity index (χ2v) is 4.00. The van der Waals surface area contributed by atoms with Crippen LogP contribution >= 0.6 is 0 Å². The van der Waals surface area contributed by atoms with E-state index in [1.54, 1.807) is 30.3 Å². The van der Waals surface area contributed by atoms with Gasteiger partial charge in [0.25, 0.3) is 0 Å². The molecule has 0 aromatic heterocycles. The lowest BCUT2D eigenvalue weighted by Crippen LogP contribution is -2.20. The van der Waals surface area contributed by atoms with Crippen molar-refractivity contribution in [1.82, 2.24) is 0 Å². The number of esters is 1. The van der Waals surface area contributed by atoms with Crippen LogP contribution in [-0.4, -0.2) is 41.3 Å². The van der Waals surface area contributed by atoms with Crippen molar-refractivity contribution in [2.45, 2.75) is 18.5 Å². The predicted octanol–water partition coefficient (Wildman–Crippen LogP) is 0.478. The normalized spacial score (nSPS) is 27.2. The summed E-state index contributed by atoms with van der Waals surface area (Å²) in [5, 5.41) is 18.7. The molecule has 1 fully saturated rings. The number of aliphatic hydroxyl groups is 2. The zero-order chi connectivity index (χ0) is 13.1. The van der Waals surface area contributed by atoms with Gasteiger partial charge in [-0.3, -0.25) is 0 Å². The highest BCUT2D eigenvalue weighted by Crippen LogP contribution is 2.23. The van der Waals surface area contributed by atoms with Gasteiger partial charge in [0, 0.05) is 0 Å². The second kappa shape index (κ2) is 5.30. The zero-order valence-corrected chi connectivity index (χ0v) is 9.65. The molecule has 1 saturated heterocycles. The van der Waals surface area contributed by atoms with E-state index in [9.17, 15) is 15.0 Å². The first-order valence-electron chi connectivity index (χ1n) is 5.52. The number of ether oxygens (including phenoxy) is 2. The van der Waals surface area contributed by atoms with Gasteiger partial charge in [-0.05, 0) is 17.7 Å². The summed E-state index contributed by atoms with van der Waals surface area (Å²) >= 11 is 0. The van der Waals surface area contributed by atoms with Gasteiger partial charge in [-0.25, -0.2) is 4.79 Å². The Bertz CT molecular complexity index is 442. The molecule has 0 saturated carbocycles. The van der Waals surface area contributed by atoms with Gasteiger partial charge in [-0.1, -0.05) is 24.8 Å². The van der Waals surface area contributed by atoms with E-state index in [1.165, 1.54) is 0 Å². The van der Waals surface area contributed by atoms with Crippen LogP contribution in [0.2, 0.25) is 0 Å². The Morgan fingerprint density at radius 3 is 2.56 bits per heavy atom. The maximum absolute atomic E-state index is 11.6. The molecule has 0 bridgehead atoms. The molecule has 1 heterocycles. The summed E-state index contributed by atoms with van der Waals surface area (Å²) in [7, 11) is 0. The molecule has 3 atom stereocenters. The molecule has 1 aromatic carbocycles. The Morgan fingerprint density at radius 2 is 2.00 bits per heavy atom. The molecule has 0 radical (unpaired) electrons. The van der Waals surface area contributed by atoms with Crippen LogP contribution in [0.25, 0.3) is 0 Å². The summed E-state index contributed by atoms with van der Waals surface area (Å²) in [4.78, 5) is 11.6. The summed E-state index contributed by atoms with van der Waals surface area (Å²) in [6, 6.07) is 8.53.